The molecule has 1 heterocycles. The number of carbonyl (C=O) groups is 3. The molecule has 1 saturated heterocycles. The summed E-state index contributed by atoms with van der Waals surface area (Å²) in [7, 11) is 0. The third-order valence-corrected chi connectivity index (χ3v) is 6.76. The van der Waals surface area contributed by atoms with Gasteiger partial charge < -0.3 is 14.7 Å². The van der Waals surface area contributed by atoms with Crippen LogP contribution in [0.5, 0.6) is 0 Å². The second-order valence-electron chi connectivity index (χ2n) is 9.15. The van der Waals surface area contributed by atoms with E-state index in [9.17, 15) is 14.4 Å². The van der Waals surface area contributed by atoms with Gasteiger partial charge in [-0.15, -0.1) is 0 Å². The summed E-state index contributed by atoms with van der Waals surface area (Å²) in [5.74, 6) is -0.994. The average Bonchev–Trinajstić information content (AvgIpc) is 3.14. The van der Waals surface area contributed by atoms with Crippen LogP contribution in [-0.2, 0) is 9.53 Å². The van der Waals surface area contributed by atoms with Gasteiger partial charge in [0.25, 0.3) is 5.91 Å². The first-order chi connectivity index (χ1) is 16.9. The summed E-state index contributed by atoms with van der Waals surface area (Å²) in [6.45, 7) is 2.94. The molecule has 0 saturated carbocycles. The largest absolute Gasteiger partial charge is 0.481 e. The van der Waals surface area contributed by atoms with Crippen molar-refractivity contribution >= 4 is 23.7 Å². The van der Waals surface area contributed by atoms with E-state index in [0.717, 1.165) is 16.7 Å². The highest BCUT2D eigenvalue weighted by Crippen LogP contribution is 2.44. The van der Waals surface area contributed by atoms with Gasteiger partial charge in [0.1, 0.15) is 6.61 Å². The lowest BCUT2D eigenvalue weighted by atomic mass is 9.95. The Morgan fingerprint density at radius 1 is 0.971 bits per heavy atom. The quantitative estimate of drug-likeness (QED) is 0.534. The van der Waals surface area contributed by atoms with Gasteiger partial charge >= 0.3 is 12.1 Å². The van der Waals surface area contributed by atoms with Crippen LogP contribution in [0.2, 0.25) is 0 Å². The van der Waals surface area contributed by atoms with Crippen LogP contribution in [-0.4, -0.2) is 47.7 Å². The molecule has 0 radical (unpaired) electrons. The molecule has 0 atom stereocenters. The molecule has 178 valence electrons. The molecule has 1 fully saturated rings. The molecule has 0 bridgehead atoms. The highest BCUT2D eigenvalue weighted by molar-refractivity contribution is 5.96. The number of nitrogens with zero attached hydrogens (tertiary/aromatic N) is 1. The van der Waals surface area contributed by atoms with Crippen molar-refractivity contribution in [3.05, 3.63) is 89.0 Å². The molecule has 35 heavy (non-hydrogen) atoms. The Morgan fingerprint density at radius 3 is 2.20 bits per heavy atom. The number of likely N-dealkylation sites (tertiary alicyclic amines) is 1. The molecule has 3 aromatic carbocycles. The standard InChI is InChI=1S/C28H26N2O5/c1-17-12-19(27(33)30-14-18(15-30)13-26(31)32)10-11-25(17)29-28(34)35-16-24-22-8-4-2-6-20(22)21-7-3-5-9-23(21)24/h2-12,18,24H,13-16H2,1H3,(H,29,34)(H,31,32). The maximum Gasteiger partial charge on any atom is 0.411 e. The fourth-order valence-corrected chi connectivity index (χ4v) is 4.98. The molecule has 2 N–H and O–H groups in total. The van der Waals surface area contributed by atoms with E-state index in [0.29, 0.717) is 24.3 Å². The molecule has 7 heteroatoms. The molecule has 1 aliphatic carbocycles. The van der Waals surface area contributed by atoms with Gasteiger partial charge in [-0.25, -0.2) is 4.79 Å². The Kier molecular flexibility index (Phi) is 5.99. The van der Waals surface area contributed by atoms with Gasteiger partial charge in [0, 0.05) is 36.2 Å². The summed E-state index contributed by atoms with van der Waals surface area (Å²) in [5.41, 5.74) is 6.47. The minimum atomic E-state index is -0.846. The molecule has 7 nitrogen and oxygen atoms in total. The van der Waals surface area contributed by atoms with Crippen LogP contribution in [0.1, 0.15) is 39.4 Å². The van der Waals surface area contributed by atoms with Crippen molar-refractivity contribution in [2.45, 2.75) is 19.3 Å². The number of anilines is 1. The molecule has 0 aromatic heterocycles. The summed E-state index contributed by atoms with van der Waals surface area (Å²) >= 11 is 0. The number of hydrogen-bond acceptors (Lipinski definition) is 4. The lowest BCUT2D eigenvalue weighted by Crippen LogP contribution is -2.50. The fraction of sp³-hybridized carbons (Fsp3) is 0.250. The summed E-state index contributed by atoms with van der Waals surface area (Å²) in [4.78, 5) is 37.7. The van der Waals surface area contributed by atoms with Crippen molar-refractivity contribution in [3.8, 4) is 11.1 Å². The van der Waals surface area contributed by atoms with Gasteiger partial charge in [-0.3, -0.25) is 14.9 Å². The van der Waals surface area contributed by atoms with Gasteiger partial charge in [0.15, 0.2) is 0 Å². The van der Waals surface area contributed by atoms with Crippen LogP contribution >= 0.6 is 0 Å². The smallest absolute Gasteiger partial charge is 0.411 e. The monoisotopic (exact) mass is 470 g/mol. The predicted octanol–water partition coefficient (Wildman–Crippen LogP) is 4.90. The van der Waals surface area contributed by atoms with Crippen LogP contribution in [0.3, 0.4) is 0 Å². The third kappa shape index (κ3) is 4.49. The zero-order valence-corrected chi connectivity index (χ0v) is 19.4. The lowest BCUT2D eigenvalue weighted by molar-refractivity contribution is -0.139. The van der Waals surface area contributed by atoms with E-state index in [1.807, 2.05) is 31.2 Å². The number of fused-ring (bicyclic) bond motifs is 3. The summed E-state index contributed by atoms with van der Waals surface area (Å²) in [6, 6.07) is 21.4. The number of carboxylic acid groups (broad SMARTS) is 1. The molecule has 0 spiro atoms. The molecule has 2 aliphatic rings. The molecular weight excluding hydrogens is 444 g/mol. The molecule has 0 unspecified atom stereocenters. The average molecular weight is 471 g/mol. The Morgan fingerprint density at radius 2 is 1.60 bits per heavy atom. The first-order valence-corrected chi connectivity index (χ1v) is 11.6. The van der Waals surface area contributed by atoms with Crippen molar-refractivity contribution < 1.29 is 24.2 Å². The van der Waals surface area contributed by atoms with Crippen molar-refractivity contribution in [1.82, 2.24) is 4.90 Å². The predicted molar refractivity (Wildman–Crippen MR) is 132 cm³/mol. The Labute approximate surface area is 203 Å². The van der Waals surface area contributed by atoms with Gasteiger partial charge in [-0.2, -0.15) is 0 Å². The fourth-order valence-electron chi connectivity index (χ4n) is 4.98. The van der Waals surface area contributed by atoms with Crippen LogP contribution in [0.15, 0.2) is 66.7 Å². The Bertz CT molecular complexity index is 1270. The number of aryl methyl sites for hydroxylation is 1. The first-order valence-electron chi connectivity index (χ1n) is 11.6. The number of hydrogen-bond donors (Lipinski definition) is 2. The number of nitrogens with one attached hydrogen (secondary N) is 1. The van der Waals surface area contributed by atoms with Crippen LogP contribution in [0.25, 0.3) is 11.1 Å². The molecule has 3 aromatic rings. The van der Waals surface area contributed by atoms with E-state index in [4.69, 9.17) is 9.84 Å². The number of carboxylic acids is 1. The summed E-state index contributed by atoms with van der Waals surface area (Å²) in [6.07, 6.45) is -0.473. The number of ether oxygens (including phenoxy) is 1. The van der Waals surface area contributed by atoms with Crippen molar-refractivity contribution in [1.29, 1.82) is 0 Å². The molecular formula is C28H26N2O5. The van der Waals surface area contributed by atoms with Crippen molar-refractivity contribution in [2.75, 3.05) is 25.0 Å². The number of benzene rings is 3. The van der Waals surface area contributed by atoms with Gasteiger partial charge in [0.05, 0.1) is 6.42 Å². The van der Waals surface area contributed by atoms with E-state index < -0.39 is 12.1 Å². The highest BCUT2D eigenvalue weighted by atomic mass is 16.5. The number of amides is 2. The Balaban J connectivity index is 1.20. The topological polar surface area (TPSA) is 95.9 Å². The van der Waals surface area contributed by atoms with Crippen LogP contribution in [0.4, 0.5) is 10.5 Å². The maximum atomic E-state index is 12.7. The highest BCUT2D eigenvalue weighted by Gasteiger charge is 2.33. The molecule has 1 aliphatic heterocycles. The van der Waals surface area contributed by atoms with E-state index in [1.54, 1.807) is 23.1 Å². The van der Waals surface area contributed by atoms with E-state index in [1.165, 1.54) is 11.1 Å². The minimum absolute atomic E-state index is 0.00653. The third-order valence-electron chi connectivity index (χ3n) is 6.76. The number of rotatable bonds is 6. The van der Waals surface area contributed by atoms with Gasteiger partial charge in [0.2, 0.25) is 0 Å². The van der Waals surface area contributed by atoms with Gasteiger partial charge in [-0.05, 0) is 52.9 Å². The number of aliphatic carboxylic acids is 1. The van der Waals surface area contributed by atoms with Gasteiger partial charge in [-0.1, -0.05) is 48.5 Å². The minimum Gasteiger partial charge on any atom is -0.481 e. The summed E-state index contributed by atoms with van der Waals surface area (Å²) in [5, 5.41) is 11.7. The second-order valence-corrected chi connectivity index (χ2v) is 9.15. The van der Waals surface area contributed by atoms with E-state index >= 15 is 0 Å². The zero-order valence-electron chi connectivity index (χ0n) is 19.4. The first kappa shape index (κ1) is 22.7. The summed E-state index contributed by atoms with van der Waals surface area (Å²) < 4.78 is 5.61. The van der Waals surface area contributed by atoms with Crippen LogP contribution in [0, 0.1) is 12.8 Å². The SMILES string of the molecule is Cc1cc(C(=O)N2CC(CC(=O)O)C2)ccc1NC(=O)OCC1c2ccccc2-c2ccccc21. The van der Waals surface area contributed by atoms with Crippen molar-refractivity contribution in [2.24, 2.45) is 5.92 Å². The zero-order chi connectivity index (χ0) is 24.5. The number of carbonyl (C=O) groups excluding carboxylic acids is 2. The Hall–Kier alpha value is -4.13. The molecule has 2 amide bonds. The lowest BCUT2D eigenvalue weighted by Gasteiger charge is -2.38. The van der Waals surface area contributed by atoms with E-state index in [-0.39, 0.29) is 30.8 Å². The maximum absolute atomic E-state index is 12.7. The van der Waals surface area contributed by atoms with Crippen molar-refractivity contribution in [3.63, 3.8) is 0 Å². The van der Waals surface area contributed by atoms with Crippen LogP contribution < -0.4 is 5.32 Å². The van der Waals surface area contributed by atoms with E-state index in [2.05, 4.69) is 29.6 Å². The normalized spacial score (nSPS) is 14.6. The second kappa shape index (κ2) is 9.25. The molecule has 5 rings (SSSR count).